The van der Waals surface area contributed by atoms with Crippen molar-refractivity contribution in [2.75, 3.05) is 12.3 Å². The van der Waals surface area contributed by atoms with Gasteiger partial charge in [-0.3, -0.25) is 4.79 Å². The van der Waals surface area contributed by atoms with Gasteiger partial charge in [-0.2, -0.15) is 0 Å². The maximum absolute atomic E-state index is 13.8. The number of nitrogens with zero attached hydrogens (tertiary/aromatic N) is 2. The Labute approximate surface area is 145 Å². The molecule has 3 N–H and O–H groups in total. The predicted octanol–water partition coefficient (Wildman–Crippen LogP) is 2.59. The molecule has 0 unspecified atom stereocenters. The maximum Gasteiger partial charge on any atom is 0.220 e. The molecule has 1 aromatic heterocycles. The van der Waals surface area contributed by atoms with Gasteiger partial charge in [0, 0.05) is 32.1 Å². The number of para-hydroxylation sites is 2. The Morgan fingerprint density at radius 1 is 1.20 bits per heavy atom. The predicted molar refractivity (Wildman–Crippen MR) is 96.6 cm³/mol. The summed E-state index contributed by atoms with van der Waals surface area (Å²) < 4.78 is 15.6. The Bertz CT molecular complexity index is 904. The molecule has 3 rings (SSSR count). The van der Waals surface area contributed by atoms with E-state index in [1.165, 1.54) is 6.07 Å². The zero-order chi connectivity index (χ0) is 17.8. The molecule has 1 amide bonds. The van der Waals surface area contributed by atoms with Crippen molar-refractivity contribution in [3.63, 3.8) is 0 Å². The summed E-state index contributed by atoms with van der Waals surface area (Å²) in [6.07, 6.45) is 1.53. The van der Waals surface area contributed by atoms with Crippen LogP contribution in [0.15, 0.2) is 42.5 Å². The number of carbonyl (C=O) groups is 1. The number of hydrogen-bond acceptors (Lipinski definition) is 3. The number of imidazole rings is 1. The molecule has 0 bridgehead atoms. The van der Waals surface area contributed by atoms with Crippen LogP contribution in [-0.2, 0) is 24.7 Å². The third kappa shape index (κ3) is 3.79. The zero-order valence-electron chi connectivity index (χ0n) is 14.1. The van der Waals surface area contributed by atoms with Crippen LogP contribution in [0, 0.1) is 5.82 Å². The first-order chi connectivity index (χ1) is 12.1. The standard InChI is InChI=1S/C19H21FN4O/c1-24-16-8-4-6-14(20)19(16)23-17(24)11-12-22-18(25)10-9-13-5-2-3-7-15(13)21/h2-8H,9-12,21H2,1H3,(H,22,25). The summed E-state index contributed by atoms with van der Waals surface area (Å²) in [5, 5.41) is 2.88. The van der Waals surface area contributed by atoms with Crippen LogP contribution in [0.25, 0.3) is 11.0 Å². The second-order valence-electron chi connectivity index (χ2n) is 5.99. The molecule has 25 heavy (non-hydrogen) atoms. The van der Waals surface area contributed by atoms with E-state index in [1.54, 1.807) is 6.07 Å². The van der Waals surface area contributed by atoms with E-state index in [-0.39, 0.29) is 11.7 Å². The van der Waals surface area contributed by atoms with Gasteiger partial charge in [0.1, 0.15) is 11.3 Å². The Morgan fingerprint density at radius 3 is 2.76 bits per heavy atom. The topological polar surface area (TPSA) is 72.9 Å². The molecule has 0 aliphatic rings. The average Bonchev–Trinajstić information content (AvgIpc) is 2.92. The molecule has 0 aliphatic carbocycles. The Balaban J connectivity index is 1.53. The number of benzene rings is 2. The van der Waals surface area contributed by atoms with Gasteiger partial charge in [-0.05, 0) is 30.2 Å². The molecule has 0 atom stereocenters. The molecule has 0 saturated carbocycles. The smallest absolute Gasteiger partial charge is 0.220 e. The number of nitrogens with two attached hydrogens (primary N) is 1. The average molecular weight is 340 g/mol. The van der Waals surface area contributed by atoms with Crippen molar-refractivity contribution < 1.29 is 9.18 Å². The molecular formula is C19H21FN4O. The molecular weight excluding hydrogens is 319 g/mol. The third-order valence-corrected chi connectivity index (χ3v) is 4.30. The number of rotatable bonds is 6. The van der Waals surface area contributed by atoms with Crippen LogP contribution in [-0.4, -0.2) is 22.0 Å². The van der Waals surface area contributed by atoms with E-state index in [2.05, 4.69) is 10.3 Å². The summed E-state index contributed by atoms with van der Waals surface area (Å²) in [5.41, 5.74) is 8.67. The monoisotopic (exact) mass is 340 g/mol. The number of hydrogen-bond donors (Lipinski definition) is 2. The quantitative estimate of drug-likeness (QED) is 0.678. The minimum atomic E-state index is -0.330. The SMILES string of the molecule is Cn1c(CCNC(=O)CCc2ccccc2N)nc2c(F)cccc21. The molecule has 1 heterocycles. The third-order valence-electron chi connectivity index (χ3n) is 4.30. The molecule has 3 aromatic rings. The number of aromatic nitrogens is 2. The summed E-state index contributed by atoms with van der Waals surface area (Å²) in [6.45, 7) is 0.460. The van der Waals surface area contributed by atoms with E-state index in [1.807, 2.05) is 41.9 Å². The van der Waals surface area contributed by atoms with E-state index in [0.29, 0.717) is 37.0 Å². The second kappa shape index (κ2) is 7.34. The Hall–Kier alpha value is -2.89. The molecule has 5 nitrogen and oxygen atoms in total. The van der Waals surface area contributed by atoms with Gasteiger partial charge in [0.2, 0.25) is 5.91 Å². The van der Waals surface area contributed by atoms with Crippen LogP contribution < -0.4 is 11.1 Å². The van der Waals surface area contributed by atoms with Crippen molar-refractivity contribution in [3.8, 4) is 0 Å². The van der Waals surface area contributed by atoms with E-state index < -0.39 is 0 Å². The normalized spacial score (nSPS) is 11.0. The van der Waals surface area contributed by atoms with E-state index in [0.717, 1.165) is 16.9 Å². The number of carbonyl (C=O) groups excluding carboxylic acids is 1. The number of anilines is 1. The minimum absolute atomic E-state index is 0.0341. The van der Waals surface area contributed by atoms with Crippen molar-refractivity contribution in [1.82, 2.24) is 14.9 Å². The van der Waals surface area contributed by atoms with Crippen molar-refractivity contribution in [1.29, 1.82) is 0 Å². The van der Waals surface area contributed by atoms with Gasteiger partial charge in [-0.25, -0.2) is 9.37 Å². The van der Waals surface area contributed by atoms with Crippen LogP contribution in [0.1, 0.15) is 17.8 Å². The molecule has 130 valence electrons. The highest BCUT2D eigenvalue weighted by Gasteiger charge is 2.11. The van der Waals surface area contributed by atoms with Gasteiger partial charge in [-0.15, -0.1) is 0 Å². The minimum Gasteiger partial charge on any atom is -0.399 e. The molecule has 0 fully saturated rings. The van der Waals surface area contributed by atoms with Crippen molar-refractivity contribution in [2.45, 2.75) is 19.3 Å². The van der Waals surface area contributed by atoms with Gasteiger partial charge >= 0.3 is 0 Å². The lowest BCUT2D eigenvalue weighted by molar-refractivity contribution is -0.121. The first-order valence-corrected chi connectivity index (χ1v) is 8.26. The number of halogens is 1. The van der Waals surface area contributed by atoms with Gasteiger partial charge in [-0.1, -0.05) is 24.3 Å². The highest BCUT2D eigenvalue weighted by Crippen LogP contribution is 2.18. The number of nitrogens with one attached hydrogen (secondary N) is 1. The van der Waals surface area contributed by atoms with E-state index in [4.69, 9.17) is 5.73 Å². The zero-order valence-corrected chi connectivity index (χ0v) is 14.1. The molecule has 0 saturated heterocycles. The first-order valence-electron chi connectivity index (χ1n) is 8.26. The first kappa shape index (κ1) is 17.0. The summed E-state index contributed by atoms with van der Waals surface area (Å²) >= 11 is 0. The van der Waals surface area contributed by atoms with Crippen LogP contribution in [0.5, 0.6) is 0 Å². The number of fused-ring (bicyclic) bond motifs is 1. The summed E-state index contributed by atoms with van der Waals surface area (Å²) in [7, 11) is 1.85. The lowest BCUT2D eigenvalue weighted by Gasteiger charge is -2.07. The Kier molecular flexibility index (Phi) is 4.97. The number of nitrogen functional groups attached to an aromatic ring is 1. The fourth-order valence-corrected chi connectivity index (χ4v) is 2.86. The van der Waals surface area contributed by atoms with Gasteiger partial charge < -0.3 is 15.6 Å². The van der Waals surface area contributed by atoms with Crippen molar-refractivity contribution in [3.05, 3.63) is 59.7 Å². The summed E-state index contributed by atoms with van der Waals surface area (Å²) in [5.74, 6) is 0.379. The molecule has 2 aromatic carbocycles. The lowest BCUT2D eigenvalue weighted by Crippen LogP contribution is -2.26. The fourth-order valence-electron chi connectivity index (χ4n) is 2.86. The summed E-state index contributed by atoms with van der Waals surface area (Å²) in [4.78, 5) is 16.3. The fraction of sp³-hybridized carbons (Fsp3) is 0.263. The molecule has 0 spiro atoms. The van der Waals surface area contributed by atoms with Gasteiger partial charge in [0.15, 0.2) is 5.82 Å². The van der Waals surface area contributed by atoms with Crippen LogP contribution >= 0.6 is 0 Å². The van der Waals surface area contributed by atoms with Gasteiger partial charge in [0.25, 0.3) is 0 Å². The van der Waals surface area contributed by atoms with Gasteiger partial charge in [0.05, 0.1) is 5.52 Å². The Morgan fingerprint density at radius 2 is 2.00 bits per heavy atom. The summed E-state index contributed by atoms with van der Waals surface area (Å²) in [6, 6.07) is 12.4. The molecule has 0 radical (unpaired) electrons. The molecule has 0 aliphatic heterocycles. The van der Waals surface area contributed by atoms with E-state index in [9.17, 15) is 9.18 Å². The van der Waals surface area contributed by atoms with E-state index >= 15 is 0 Å². The molecule has 6 heteroatoms. The maximum atomic E-state index is 13.8. The number of aryl methyl sites for hydroxylation is 2. The number of amides is 1. The lowest BCUT2D eigenvalue weighted by atomic mass is 10.1. The second-order valence-corrected chi connectivity index (χ2v) is 5.99. The van der Waals surface area contributed by atoms with Crippen molar-refractivity contribution >= 4 is 22.6 Å². The largest absolute Gasteiger partial charge is 0.399 e. The van der Waals surface area contributed by atoms with Crippen LogP contribution in [0.2, 0.25) is 0 Å². The van der Waals surface area contributed by atoms with Crippen LogP contribution in [0.3, 0.4) is 0 Å². The van der Waals surface area contributed by atoms with Crippen molar-refractivity contribution in [2.24, 2.45) is 7.05 Å². The van der Waals surface area contributed by atoms with Crippen LogP contribution in [0.4, 0.5) is 10.1 Å². The highest BCUT2D eigenvalue weighted by molar-refractivity contribution is 5.77. The highest BCUT2D eigenvalue weighted by atomic mass is 19.1.